The normalized spacial score (nSPS) is 12.4. The molecule has 1 aromatic heterocycles. The van der Waals surface area contributed by atoms with Crippen LogP contribution in [0.2, 0.25) is 0 Å². The van der Waals surface area contributed by atoms with E-state index in [0.29, 0.717) is 46.8 Å². The number of anilines is 1. The number of benzene rings is 3. The molecule has 1 heterocycles. The molecule has 3 N–H and O–H groups in total. The molecule has 0 saturated carbocycles. The fraction of sp³-hybridized carbons (Fsp3) is 0.148. The summed E-state index contributed by atoms with van der Waals surface area (Å²) in [7, 11) is -1.83. The number of nitrogens with two attached hydrogens (primary N) is 1. The number of hydrogen-bond donors (Lipinski definition) is 2. The number of carbonyl (C=O) groups is 2. The Balaban J connectivity index is 1.58. The first-order valence-electron chi connectivity index (χ1n) is 11.5. The number of aromatic nitrogens is 2. The summed E-state index contributed by atoms with van der Waals surface area (Å²) < 4.78 is 30.6. The zero-order chi connectivity index (χ0) is 26.3. The van der Waals surface area contributed by atoms with Crippen LogP contribution in [-0.4, -0.2) is 43.4 Å². The third kappa shape index (κ3) is 4.58. The number of sulfone groups is 1. The number of ether oxygens (including phenoxy) is 1. The van der Waals surface area contributed by atoms with Crippen LogP contribution in [0, 0.1) is 0 Å². The molecule has 0 fully saturated rings. The van der Waals surface area contributed by atoms with Crippen molar-refractivity contribution in [2.24, 2.45) is 5.73 Å². The van der Waals surface area contributed by atoms with Gasteiger partial charge in [0.1, 0.15) is 5.75 Å². The van der Waals surface area contributed by atoms with Gasteiger partial charge in [-0.25, -0.2) is 13.1 Å². The highest BCUT2D eigenvalue weighted by Gasteiger charge is 2.28. The number of nitrogens with one attached hydrogen (secondary N) is 1. The molecule has 0 unspecified atom stereocenters. The third-order valence-corrected chi connectivity index (χ3v) is 7.45. The average Bonchev–Trinajstić information content (AvgIpc) is 3.29. The molecule has 10 heteroatoms. The van der Waals surface area contributed by atoms with E-state index in [2.05, 4.69) is 10.4 Å². The summed E-state index contributed by atoms with van der Waals surface area (Å²) in [6.45, 7) is 0. The SMILES string of the molecule is COc1cccc(C(=O)Nc2ccc3c(c2)-c2c(c(C(N)=O)nn2-c2ccc(S(C)(=O)=O)cc2)CC3)c1. The van der Waals surface area contributed by atoms with Gasteiger partial charge in [0, 0.05) is 28.6 Å². The Labute approximate surface area is 213 Å². The summed E-state index contributed by atoms with van der Waals surface area (Å²) in [5, 5.41) is 7.42. The number of nitrogens with zero attached hydrogens (tertiary/aromatic N) is 2. The van der Waals surface area contributed by atoms with Gasteiger partial charge in [0.05, 0.1) is 23.4 Å². The van der Waals surface area contributed by atoms with Gasteiger partial charge >= 0.3 is 0 Å². The Hall–Kier alpha value is -4.44. The Morgan fingerprint density at radius 3 is 2.46 bits per heavy atom. The molecule has 1 aliphatic carbocycles. The molecule has 0 aliphatic heterocycles. The van der Waals surface area contributed by atoms with Crippen molar-refractivity contribution in [3.05, 3.63) is 89.1 Å². The highest BCUT2D eigenvalue weighted by molar-refractivity contribution is 7.90. The van der Waals surface area contributed by atoms with E-state index in [1.807, 2.05) is 18.2 Å². The molecule has 4 aromatic rings. The molecule has 2 amide bonds. The number of rotatable bonds is 6. The lowest BCUT2D eigenvalue weighted by Crippen LogP contribution is -2.15. The summed E-state index contributed by atoms with van der Waals surface area (Å²) in [5.41, 5.74) is 10.6. The van der Waals surface area contributed by atoms with Gasteiger partial charge in [-0.05, 0) is 73.0 Å². The zero-order valence-corrected chi connectivity index (χ0v) is 21.0. The minimum Gasteiger partial charge on any atom is -0.497 e. The maximum atomic E-state index is 12.9. The largest absolute Gasteiger partial charge is 0.497 e. The number of primary amides is 1. The summed E-state index contributed by atoms with van der Waals surface area (Å²) >= 11 is 0. The lowest BCUT2D eigenvalue weighted by atomic mass is 9.88. The van der Waals surface area contributed by atoms with E-state index in [0.717, 1.165) is 17.4 Å². The average molecular weight is 517 g/mol. The first-order chi connectivity index (χ1) is 17.7. The molecule has 9 nitrogen and oxygen atoms in total. The van der Waals surface area contributed by atoms with Gasteiger partial charge in [-0.1, -0.05) is 12.1 Å². The van der Waals surface area contributed by atoms with Crippen molar-refractivity contribution in [3.8, 4) is 22.7 Å². The molecule has 0 spiro atoms. The van der Waals surface area contributed by atoms with E-state index in [-0.39, 0.29) is 16.5 Å². The minimum absolute atomic E-state index is 0.165. The van der Waals surface area contributed by atoms with E-state index >= 15 is 0 Å². The van der Waals surface area contributed by atoms with Crippen LogP contribution >= 0.6 is 0 Å². The van der Waals surface area contributed by atoms with Crippen LogP contribution in [0.4, 0.5) is 5.69 Å². The van der Waals surface area contributed by atoms with E-state index in [9.17, 15) is 18.0 Å². The van der Waals surface area contributed by atoms with Crippen LogP contribution in [0.5, 0.6) is 5.75 Å². The van der Waals surface area contributed by atoms with Crippen LogP contribution < -0.4 is 15.8 Å². The second kappa shape index (κ2) is 9.21. The summed E-state index contributed by atoms with van der Waals surface area (Å²) in [4.78, 5) is 25.3. The summed E-state index contributed by atoms with van der Waals surface area (Å²) in [6, 6.07) is 18.7. The quantitative estimate of drug-likeness (QED) is 0.404. The van der Waals surface area contributed by atoms with Crippen LogP contribution in [-0.2, 0) is 22.7 Å². The second-order valence-corrected chi connectivity index (χ2v) is 10.8. The number of aryl methyl sites for hydroxylation is 1. The summed E-state index contributed by atoms with van der Waals surface area (Å²) in [5.74, 6) is -0.362. The zero-order valence-electron chi connectivity index (χ0n) is 20.2. The number of hydrogen-bond acceptors (Lipinski definition) is 6. The summed E-state index contributed by atoms with van der Waals surface area (Å²) in [6.07, 6.45) is 2.38. The van der Waals surface area contributed by atoms with Gasteiger partial charge in [-0.15, -0.1) is 0 Å². The van der Waals surface area contributed by atoms with Crippen molar-refractivity contribution >= 4 is 27.3 Å². The fourth-order valence-electron chi connectivity index (χ4n) is 4.50. The monoisotopic (exact) mass is 516 g/mol. The van der Waals surface area contributed by atoms with E-state index in [1.165, 1.54) is 19.2 Å². The van der Waals surface area contributed by atoms with Crippen LogP contribution in [0.1, 0.15) is 32.0 Å². The van der Waals surface area contributed by atoms with Gasteiger partial charge in [-0.3, -0.25) is 9.59 Å². The fourth-order valence-corrected chi connectivity index (χ4v) is 5.13. The molecular weight excluding hydrogens is 492 g/mol. The maximum absolute atomic E-state index is 12.9. The van der Waals surface area contributed by atoms with Crippen LogP contribution in [0.15, 0.2) is 71.6 Å². The molecule has 5 rings (SSSR count). The van der Waals surface area contributed by atoms with Gasteiger partial charge in [0.25, 0.3) is 11.8 Å². The van der Waals surface area contributed by atoms with Crippen LogP contribution in [0.3, 0.4) is 0 Å². The molecule has 0 bridgehead atoms. The molecule has 0 radical (unpaired) electrons. The van der Waals surface area contributed by atoms with E-state index < -0.39 is 15.7 Å². The van der Waals surface area contributed by atoms with Gasteiger partial charge in [0.15, 0.2) is 15.5 Å². The Morgan fingerprint density at radius 1 is 1.03 bits per heavy atom. The highest BCUT2D eigenvalue weighted by Crippen LogP contribution is 2.38. The van der Waals surface area contributed by atoms with Crippen molar-refractivity contribution < 1.29 is 22.7 Å². The van der Waals surface area contributed by atoms with Crippen LogP contribution in [0.25, 0.3) is 16.9 Å². The number of methoxy groups -OCH3 is 1. The van der Waals surface area contributed by atoms with Crippen molar-refractivity contribution in [2.45, 2.75) is 17.7 Å². The van der Waals surface area contributed by atoms with Gasteiger partial charge in [-0.2, -0.15) is 5.10 Å². The number of amides is 2. The van der Waals surface area contributed by atoms with Gasteiger partial charge in [0.2, 0.25) is 0 Å². The standard InChI is InChI=1S/C27H24N4O5S/c1-36-20-5-3-4-17(14-20)27(33)29-18-8-6-16-7-13-22-24(26(28)32)30-31(25(22)23(16)15-18)19-9-11-21(12-10-19)37(2,34)35/h3-6,8-12,14-15H,7,13H2,1-2H3,(H2,28,32)(H,29,33). The Kier molecular flexibility index (Phi) is 6.04. The predicted octanol–water partition coefficient (Wildman–Crippen LogP) is 3.40. The molecule has 188 valence electrons. The van der Waals surface area contributed by atoms with Crippen molar-refractivity contribution in [1.82, 2.24) is 9.78 Å². The van der Waals surface area contributed by atoms with Gasteiger partial charge < -0.3 is 15.8 Å². The lowest BCUT2D eigenvalue weighted by molar-refractivity contribution is 0.0992. The second-order valence-electron chi connectivity index (χ2n) is 8.78. The highest BCUT2D eigenvalue weighted by atomic mass is 32.2. The molecule has 3 aromatic carbocycles. The minimum atomic E-state index is -3.37. The molecule has 0 saturated heterocycles. The molecule has 1 aliphatic rings. The first kappa shape index (κ1) is 24.3. The Bertz CT molecular complexity index is 1660. The maximum Gasteiger partial charge on any atom is 0.269 e. The predicted molar refractivity (Wildman–Crippen MR) is 139 cm³/mol. The van der Waals surface area contributed by atoms with E-state index in [1.54, 1.807) is 41.1 Å². The van der Waals surface area contributed by atoms with Crippen molar-refractivity contribution in [2.75, 3.05) is 18.7 Å². The number of fused-ring (bicyclic) bond motifs is 3. The van der Waals surface area contributed by atoms with Crippen molar-refractivity contribution in [1.29, 1.82) is 0 Å². The molecule has 37 heavy (non-hydrogen) atoms. The topological polar surface area (TPSA) is 133 Å². The molecular formula is C27H24N4O5S. The van der Waals surface area contributed by atoms with Crippen molar-refractivity contribution in [3.63, 3.8) is 0 Å². The molecule has 0 atom stereocenters. The Morgan fingerprint density at radius 2 is 1.78 bits per heavy atom. The lowest BCUT2D eigenvalue weighted by Gasteiger charge is -2.20. The third-order valence-electron chi connectivity index (χ3n) is 6.33. The smallest absolute Gasteiger partial charge is 0.269 e. The first-order valence-corrected chi connectivity index (χ1v) is 13.4. The number of carbonyl (C=O) groups excluding carboxylic acids is 2. The van der Waals surface area contributed by atoms with E-state index in [4.69, 9.17) is 10.5 Å².